The van der Waals surface area contributed by atoms with Crippen molar-refractivity contribution in [2.24, 2.45) is 0 Å². The molecule has 0 saturated heterocycles. The van der Waals surface area contributed by atoms with Gasteiger partial charge in [0.2, 0.25) is 0 Å². The number of fused-ring (bicyclic) bond motifs is 2. The summed E-state index contributed by atoms with van der Waals surface area (Å²) in [5.74, 6) is 0. The molecule has 0 atom stereocenters. The molecule has 106 valence electrons. The fourth-order valence-corrected chi connectivity index (χ4v) is 2.45. The van der Waals surface area contributed by atoms with Crippen LogP contribution in [-0.4, -0.2) is 21.7 Å². The fourth-order valence-electron chi connectivity index (χ4n) is 2.45. The second-order valence-corrected chi connectivity index (χ2v) is 4.90. The van der Waals surface area contributed by atoms with Crippen LogP contribution in [0.1, 0.15) is 5.56 Å². The molecule has 0 amide bonds. The van der Waals surface area contributed by atoms with Crippen molar-refractivity contribution in [3.8, 4) is 0 Å². The number of aliphatic hydroxyl groups is 1. The van der Waals surface area contributed by atoms with E-state index in [9.17, 15) is 0 Å². The molecule has 0 saturated carbocycles. The summed E-state index contributed by atoms with van der Waals surface area (Å²) >= 11 is 0. The van der Waals surface area contributed by atoms with Gasteiger partial charge in [-0.2, -0.15) is 0 Å². The molecule has 21 heavy (non-hydrogen) atoms. The van der Waals surface area contributed by atoms with Crippen LogP contribution in [0, 0.1) is 0 Å². The Morgan fingerprint density at radius 2 is 1.57 bits per heavy atom. The Kier molecular flexibility index (Phi) is 4.03. The van der Waals surface area contributed by atoms with Crippen molar-refractivity contribution >= 4 is 21.8 Å². The lowest BCUT2D eigenvalue weighted by atomic mass is 10.1. The Labute approximate surface area is 123 Å². The third-order valence-corrected chi connectivity index (χ3v) is 3.52. The van der Waals surface area contributed by atoms with Gasteiger partial charge in [0.25, 0.3) is 0 Å². The molecular weight excluding hydrogens is 260 g/mol. The zero-order valence-corrected chi connectivity index (χ0v) is 11.7. The summed E-state index contributed by atoms with van der Waals surface area (Å²) in [4.78, 5) is 6.28. The van der Waals surface area contributed by atoms with Gasteiger partial charge in [0.05, 0.1) is 0 Å². The van der Waals surface area contributed by atoms with Crippen LogP contribution in [0.5, 0.6) is 0 Å². The quantitative estimate of drug-likeness (QED) is 0.512. The second-order valence-electron chi connectivity index (χ2n) is 4.90. The SMILES string of the molecule is OCCc1c[nH]c2ccccc12.c1ccc2[nH]ccc2c1. The van der Waals surface area contributed by atoms with Crippen LogP contribution in [0.25, 0.3) is 21.8 Å². The van der Waals surface area contributed by atoms with Gasteiger partial charge in [0, 0.05) is 35.4 Å². The summed E-state index contributed by atoms with van der Waals surface area (Å²) in [6.45, 7) is 0.210. The number of aromatic amines is 2. The average Bonchev–Trinajstić information content (AvgIpc) is 3.15. The molecule has 0 spiro atoms. The molecule has 3 heteroatoms. The molecule has 0 aliphatic rings. The van der Waals surface area contributed by atoms with E-state index >= 15 is 0 Å². The molecule has 0 radical (unpaired) electrons. The van der Waals surface area contributed by atoms with Gasteiger partial charge in [0.15, 0.2) is 0 Å². The van der Waals surface area contributed by atoms with Gasteiger partial charge in [-0.1, -0.05) is 36.4 Å². The molecule has 0 bridgehead atoms. The first-order chi connectivity index (χ1) is 10.4. The lowest BCUT2D eigenvalue weighted by Gasteiger charge is -1.93. The van der Waals surface area contributed by atoms with Crippen LogP contribution >= 0.6 is 0 Å². The number of nitrogens with one attached hydrogen (secondary N) is 2. The fraction of sp³-hybridized carbons (Fsp3) is 0.111. The van der Waals surface area contributed by atoms with Gasteiger partial charge in [-0.15, -0.1) is 0 Å². The molecule has 3 N–H and O–H groups in total. The summed E-state index contributed by atoms with van der Waals surface area (Å²) < 4.78 is 0. The van der Waals surface area contributed by atoms with E-state index in [2.05, 4.69) is 34.2 Å². The Morgan fingerprint density at radius 1 is 0.810 bits per heavy atom. The zero-order valence-electron chi connectivity index (χ0n) is 11.7. The third-order valence-electron chi connectivity index (χ3n) is 3.52. The number of para-hydroxylation sites is 2. The minimum Gasteiger partial charge on any atom is -0.396 e. The molecule has 2 aromatic carbocycles. The molecular formula is C18H18N2O. The maximum absolute atomic E-state index is 8.78. The Bertz CT molecular complexity index is 799. The molecule has 4 aromatic rings. The van der Waals surface area contributed by atoms with Crippen molar-refractivity contribution in [2.75, 3.05) is 6.61 Å². The number of rotatable bonds is 2. The number of aliphatic hydroxyl groups excluding tert-OH is 1. The normalized spacial score (nSPS) is 10.5. The predicted octanol–water partition coefficient (Wildman–Crippen LogP) is 3.87. The Morgan fingerprint density at radius 3 is 2.38 bits per heavy atom. The minimum atomic E-state index is 0.210. The van der Waals surface area contributed by atoms with Crippen LogP contribution in [0.2, 0.25) is 0 Å². The molecule has 2 heterocycles. The maximum Gasteiger partial charge on any atom is 0.0472 e. The van der Waals surface area contributed by atoms with Gasteiger partial charge >= 0.3 is 0 Å². The monoisotopic (exact) mass is 278 g/mol. The van der Waals surface area contributed by atoms with Crippen molar-refractivity contribution in [1.82, 2.24) is 9.97 Å². The number of benzene rings is 2. The predicted molar refractivity (Wildman–Crippen MR) is 87.4 cm³/mol. The van der Waals surface area contributed by atoms with Gasteiger partial charge in [-0.25, -0.2) is 0 Å². The lowest BCUT2D eigenvalue weighted by molar-refractivity contribution is 0.300. The van der Waals surface area contributed by atoms with Crippen LogP contribution in [-0.2, 0) is 6.42 Å². The number of hydrogen-bond acceptors (Lipinski definition) is 1. The van der Waals surface area contributed by atoms with E-state index in [4.69, 9.17) is 5.11 Å². The maximum atomic E-state index is 8.78. The first kappa shape index (κ1) is 13.5. The first-order valence-electron chi connectivity index (χ1n) is 7.06. The Hall–Kier alpha value is -2.52. The summed E-state index contributed by atoms with van der Waals surface area (Å²) in [7, 11) is 0. The van der Waals surface area contributed by atoms with Crippen LogP contribution in [0.3, 0.4) is 0 Å². The molecule has 0 aliphatic heterocycles. The van der Waals surface area contributed by atoms with Gasteiger partial charge < -0.3 is 15.1 Å². The van der Waals surface area contributed by atoms with Gasteiger partial charge in [-0.05, 0) is 35.6 Å². The number of aromatic nitrogens is 2. The van der Waals surface area contributed by atoms with Crippen LogP contribution < -0.4 is 0 Å². The van der Waals surface area contributed by atoms with E-state index in [-0.39, 0.29) is 6.61 Å². The van der Waals surface area contributed by atoms with E-state index in [0.717, 1.165) is 11.9 Å². The average molecular weight is 278 g/mol. The first-order valence-corrected chi connectivity index (χ1v) is 7.06. The summed E-state index contributed by atoms with van der Waals surface area (Å²) in [6, 6.07) is 18.4. The second kappa shape index (κ2) is 6.29. The highest BCUT2D eigenvalue weighted by molar-refractivity contribution is 5.83. The molecule has 0 fully saturated rings. The van der Waals surface area contributed by atoms with E-state index in [1.807, 2.05) is 42.7 Å². The van der Waals surface area contributed by atoms with Crippen LogP contribution in [0.4, 0.5) is 0 Å². The smallest absolute Gasteiger partial charge is 0.0472 e. The Balaban J connectivity index is 0.000000131. The van der Waals surface area contributed by atoms with Crippen molar-refractivity contribution in [3.05, 3.63) is 72.6 Å². The van der Waals surface area contributed by atoms with Crippen molar-refractivity contribution in [3.63, 3.8) is 0 Å². The van der Waals surface area contributed by atoms with Crippen molar-refractivity contribution < 1.29 is 5.11 Å². The van der Waals surface area contributed by atoms with Crippen LogP contribution in [0.15, 0.2) is 67.0 Å². The lowest BCUT2D eigenvalue weighted by Crippen LogP contribution is -1.87. The van der Waals surface area contributed by atoms with E-state index in [1.165, 1.54) is 21.9 Å². The highest BCUT2D eigenvalue weighted by Crippen LogP contribution is 2.17. The largest absolute Gasteiger partial charge is 0.396 e. The summed E-state index contributed by atoms with van der Waals surface area (Å²) in [5.41, 5.74) is 3.53. The van der Waals surface area contributed by atoms with Crippen molar-refractivity contribution in [2.45, 2.75) is 6.42 Å². The van der Waals surface area contributed by atoms with Crippen molar-refractivity contribution in [1.29, 1.82) is 0 Å². The minimum absolute atomic E-state index is 0.210. The highest BCUT2D eigenvalue weighted by atomic mass is 16.2. The van der Waals surface area contributed by atoms with E-state index in [1.54, 1.807) is 0 Å². The zero-order chi connectivity index (χ0) is 14.5. The molecule has 4 rings (SSSR count). The number of H-pyrrole nitrogens is 2. The molecule has 2 aromatic heterocycles. The van der Waals surface area contributed by atoms with Gasteiger partial charge in [-0.3, -0.25) is 0 Å². The summed E-state index contributed by atoms with van der Waals surface area (Å²) in [5, 5.41) is 11.3. The number of hydrogen-bond donors (Lipinski definition) is 3. The van der Waals surface area contributed by atoms with E-state index in [0.29, 0.717) is 0 Å². The van der Waals surface area contributed by atoms with Gasteiger partial charge in [0.1, 0.15) is 0 Å². The molecule has 0 unspecified atom stereocenters. The third kappa shape index (κ3) is 2.98. The highest BCUT2D eigenvalue weighted by Gasteiger charge is 2.00. The standard InChI is InChI=1S/C10H11NO.C8H7N/c12-6-5-8-7-11-10-4-2-1-3-9(8)10;1-2-4-8-7(3-1)5-6-9-8/h1-4,7,11-12H,5-6H2;1-6,9H. The van der Waals surface area contributed by atoms with E-state index < -0.39 is 0 Å². The molecule has 3 nitrogen and oxygen atoms in total. The summed E-state index contributed by atoms with van der Waals surface area (Å²) in [6.07, 6.45) is 4.63. The topological polar surface area (TPSA) is 51.8 Å². The molecule has 0 aliphatic carbocycles.